The Labute approximate surface area is 453 Å². The first-order chi connectivity index (χ1) is 38.2. The van der Waals surface area contributed by atoms with Gasteiger partial charge in [-0.2, -0.15) is 0 Å². The minimum absolute atomic E-state index is 0.345. The van der Waals surface area contributed by atoms with Gasteiger partial charge in [0.25, 0.3) is 0 Å². The highest BCUT2D eigenvalue weighted by molar-refractivity contribution is 5.02. The molecule has 0 spiro atoms. The molecule has 0 saturated carbocycles. The molecule has 0 aromatic heterocycles. The fourth-order valence-electron chi connectivity index (χ4n) is 10.8. The summed E-state index contributed by atoms with van der Waals surface area (Å²) in [5.74, 6) is 0. The molecular weight excluding hydrogens is 1100 g/mol. The van der Waals surface area contributed by atoms with Gasteiger partial charge in [0.05, 0.1) is 52.9 Å². The van der Waals surface area contributed by atoms with E-state index in [2.05, 4.69) is 6.58 Å². The van der Waals surface area contributed by atoms with E-state index in [0.717, 1.165) is 0 Å². The third kappa shape index (κ3) is 12.8. The molecule has 20 N–H and O–H groups in total. The maximum absolute atomic E-state index is 11.8. The molecule has 35 atom stereocenters. The van der Waals surface area contributed by atoms with Crippen molar-refractivity contribution >= 4 is 0 Å². The number of ether oxygens (including phenoxy) is 15. The molecule has 15 aliphatic heterocycles. The molecule has 15 rings (SSSR count). The van der Waals surface area contributed by atoms with Crippen LogP contribution in [0.15, 0.2) is 12.7 Å². The van der Waals surface area contributed by atoms with Gasteiger partial charge in [0, 0.05) is 0 Å². The number of aliphatic hydroxyl groups excluding tert-OH is 20. The van der Waals surface area contributed by atoms with Crippen LogP contribution in [0.3, 0.4) is 0 Å². The van der Waals surface area contributed by atoms with E-state index in [0.29, 0.717) is 0 Å². The molecule has 0 aliphatic carbocycles. The number of rotatable bonds is 10. The van der Waals surface area contributed by atoms with Gasteiger partial charge in [0.15, 0.2) is 44.0 Å². The van der Waals surface area contributed by atoms with E-state index in [4.69, 9.17) is 71.1 Å². The highest BCUT2D eigenvalue weighted by Crippen LogP contribution is 2.39. The molecule has 35 nitrogen and oxygen atoms in total. The van der Waals surface area contributed by atoms with E-state index in [9.17, 15) is 102 Å². The van der Waals surface area contributed by atoms with Gasteiger partial charge in [-0.05, 0) is 0 Å². The standard InChI is InChI=1S/C45H74O35/c1-2-3-66-38-30(65)37-17(10-52)73-45(38)80-36-16(9-51)72-43(29(64)23(36)58)78-34-14(7-49)70-41(27(62)21(34)56)76-32-12(5-47)68-39(25(60)19(32)54)74-31-11(4-46)67-40(24(59)18(31)53)75-33-13(6-48)69-42(26(61)20(33)55)77-35-15(8-50)71-44(79-37)28(63)22(35)57/h2,11-65H,1,3-10H2/t11-,12-,13-,14-,15-,16-,17-,18-,19+,20-,21+,22-,23+,24-,25-,26-,27+,28-,29+,30+,31-,32-,33-,34-,35-,36-,37-,38-,39-,40-,41-,42-,43-,44-,45-/m1/s1. The fraction of sp³-hybridized carbons (Fsp3) is 0.956. The van der Waals surface area contributed by atoms with E-state index in [1.807, 2.05) is 0 Å². The van der Waals surface area contributed by atoms with Crippen molar-refractivity contribution in [3.63, 3.8) is 0 Å². The van der Waals surface area contributed by atoms with Gasteiger partial charge < -0.3 is 173 Å². The zero-order valence-corrected chi connectivity index (χ0v) is 42.2. The summed E-state index contributed by atoms with van der Waals surface area (Å²) in [6.45, 7) is -4.00. The second kappa shape index (κ2) is 27.8. The smallest absolute Gasteiger partial charge is 0.187 e. The Morgan fingerprint density at radius 3 is 0.613 bits per heavy atom. The average Bonchev–Trinajstić information content (AvgIpc) is 3.54. The average molecular weight is 1180 g/mol. The van der Waals surface area contributed by atoms with Crippen molar-refractivity contribution in [3.05, 3.63) is 12.7 Å². The molecular formula is C45H74O35. The maximum Gasteiger partial charge on any atom is 0.187 e. The Morgan fingerprint density at radius 2 is 0.425 bits per heavy atom. The maximum atomic E-state index is 11.8. The van der Waals surface area contributed by atoms with E-state index >= 15 is 0 Å². The first kappa shape index (κ1) is 64.3. The topological polar surface area (TPSA) is 543 Å². The molecule has 15 aliphatic rings. The van der Waals surface area contributed by atoms with Crippen molar-refractivity contribution in [2.24, 2.45) is 0 Å². The zero-order chi connectivity index (χ0) is 58.2. The number of hydrogen-bond acceptors (Lipinski definition) is 35. The van der Waals surface area contributed by atoms with Crippen LogP contribution >= 0.6 is 0 Å². The van der Waals surface area contributed by atoms with E-state index in [-0.39, 0.29) is 6.61 Å². The molecule has 14 bridgehead atoms. The van der Waals surface area contributed by atoms with Gasteiger partial charge >= 0.3 is 0 Å². The summed E-state index contributed by atoms with van der Waals surface area (Å²) in [6.07, 6.45) is -67.6. The molecule has 15 heterocycles. The van der Waals surface area contributed by atoms with Crippen LogP contribution in [0.5, 0.6) is 0 Å². The Hall–Kier alpha value is -1.66. The van der Waals surface area contributed by atoms with Gasteiger partial charge in [-0.15, -0.1) is 6.58 Å². The number of fused-ring (bicyclic) bond motifs is 7. The lowest BCUT2D eigenvalue weighted by atomic mass is 9.95. The minimum Gasteiger partial charge on any atom is -0.394 e. The Balaban J connectivity index is 1.10. The van der Waals surface area contributed by atoms with Crippen LogP contribution in [-0.4, -0.2) is 370 Å². The Bertz CT molecular complexity index is 1910. The summed E-state index contributed by atoms with van der Waals surface area (Å²) in [6, 6.07) is 0. The zero-order valence-electron chi connectivity index (χ0n) is 42.2. The fourth-order valence-corrected chi connectivity index (χ4v) is 10.8. The monoisotopic (exact) mass is 1170 g/mol. The predicted octanol–water partition coefficient (Wildman–Crippen LogP) is -14.0. The highest BCUT2D eigenvalue weighted by Gasteiger charge is 2.60. The van der Waals surface area contributed by atoms with Crippen LogP contribution < -0.4 is 0 Å². The Morgan fingerprint density at radius 1 is 0.250 bits per heavy atom. The van der Waals surface area contributed by atoms with Crippen molar-refractivity contribution in [3.8, 4) is 0 Å². The lowest BCUT2D eigenvalue weighted by molar-refractivity contribution is -0.398. The highest BCUT2D eigenvalue weighted by atomic mass is 16.8. The molecule has 464 valence electrons. The second-order valence-electron chi connectivity index (χ2n) is 20.2. The van der Waals surface area contributed by atoms with Crippen LogP contribution in [0.2, 0.25) is 0 Å². The van der Waals surface area contributed by atoms with Crippen LogP contribution in [0.1, 0.15) is 0 Å². The summed E-state index contributed by atoms with van der Waals surface area (Å²) in [7, 11) is 0. The summed E-state index contributed by atoms with van der Waals surface area (Å²) in [5, 5.41) is 221. The normalized spacial score (nSPS) is 53.7. The Kier molecular flexibility index (Phi) is 22.4. The third-order valence-electron chi connectivity index (χ3n) is 15.2. The van der Waals surface area contributed by atoms with Gasteiger partial charge in [-0.3, -0.25) is 0 Å². The van der Waals surface area contributed by atoms with Gasteiger partial charge in [-0.25, -0.2) is 0 Å². The summed E-state index contributed by atoms with van der Waals surface area (Å²) in [4.78, 5) is 0. The van der Waals surface area contributed by atoms with E-state index < -0.39 is 261 Å². The van der Waals surface area contributed by atoms with Crippen LogP contribution in [0.25, 0.3) is 0 Å². The molecule has 0 aromatic rings. The van der Waals surface area contributed by atoms with Gasteiger partial charge in [0.2, 0.25) is 0 Å². The molecule has 0 aromatic carbocycles. The predicted molar refractivity (Wildman–Crippen MR) is 242 cm³/mol. The number of hydrogen-bond donors (Lipinski definition) is 20. The first-order valence-electron chi connectivity index (χ1n) is 25.7. The molecule has 35 heteroatoms. The van der Waals surface area contributed by atoms with Crippen LogP contribution in [-0.2, 0) is 71.1 Å². The molecule has 0 unspecified atom stereocenters. The summed E-state index contributed by atoms with van der Waals surface area (Å²) < 4.78 is 86.5. The lowest BCUT2D eigenvalue weighted by Gasteiger charge is -2.50. The molecule has 15 fully saturated rings. The van der Waals surface area contributed by atoms with Crippen molar-refractivity contribution in [2.45, 2.75) is 215 Å². The molecule has 15 saturated heterocycles. The molecule has 0 amide bonds. The van der Waals surface area contributed by atoms with Crippen molar-refractivity contribution < 1.29 is 173 Å². The van der Waals surface area contributed by atoms with Crippen LogP contribution in [0, 0.1) is 0 Å². The second-order valence-corrected chi connectivity index (χ2v) is 20.2. The van der Waals surface area contributed by atoms with Gasteiger partial charge in [0.1, 0.15) is 171 Å². The van der Waals surface area contributed by atoms with E-state index in [1.54, 1.807) is 0 Å². The minimum atomic E-state index is -2.21. The lowest BCUT2D eigenvalue weighted by Crippen LogP contribution is -2.68. The largest absolute Gasteiger partial charge is 0.394 e. The first-order valence-corrected chi connectivity index (χ1v) is 25.7. The SMILES string of the molecule is C=CCO[C@H]1[C@H]2O[C@H]3[C@@H](O)[C@H](O)[C@@H](O[C@H]4[C@@H](O)[C@H](O)[C@@H](O[C@H]5[C@@H](O)[C@@H](O)[C@@H](O[C@H]6[C@H](O)[C@@H](O)[C@@H](O[C@H]7[C@H](O)[C@@H](O)[C@@H](O[C@H]8[C@H](O)[C@@H](O)[C@@H](O[C@@H]([C@@H]1O)[C@@H](CO)O2)O[C@@H]8CO)O[C@@H]7CO)O[C@@H]6CO)O[C@@H]5CO)O[C@@H]4CO)O[C@@H]3CO. The van der Waals surface area contributed by atoms with Crippen molar-refractivity contribution in [2.75, 3.05) is 52.9 Å². The van der Waals surface area contributed by atoms with Gasteiger partial charge in [-0.1, -0.05) is 6.08 Å². The van der Waals surface area contributed by atoms with E-state index in [1.165, 1.54) is 6.08 Å². The van der Waals surface area contributed by atoms with Crippen LogP contribution in [0.4, 0.5) is 0 Å². The third-order valence-corrected chi connectivity index (χ3v) is 15.2. The van der Waals surface area contributed by atoms with Crippen molar-refractivity contribution in [1.82, 2.24) is 0 Å². The quantitative estimate of drug-likeness (QED) is 0.0903. The van der Waals surface area contributed by atoms with Crippen molar-refractivity contribution in [1.29, 1.82) is 0 Å². The number of aliphatic hydroxyl groups is 20. The molecule has 80 heavy (non-hydrogen) atoms. The summed E-state index contributed by atoms with van der Waals surface area (Å²) >= 11 is 0. The molecule has 0 radical (unpaired) electrons. The summed E-state index contributed by atoms with van der Waals surface area (Å²) in [5.41, 5.74) is 0.